The number of pyridine rings is 1. The van der Waals surface area contributed by atoms with Gasteiger partial charge in [0, 0.05) is 63.6 Å². The Kier molecular flexibility index (Phi) is 6.60. The van der Waals surface area contributed by atoms with Gasteiger partial charge in [-0.2, -0.15) is 0 Å². The number of aliphatic hydroxyl groups is 1. The summed E-state index contributed by atoms with van der Waals surface area (Å²) in [6, 6.07) is 8.79. The number of ether oxygens (including phenoxy) is 1. The van der Waals surface area contributed by atoms with Crippen LogP contribution in [0.15, 0.2) is 60.0 Å². The second-order valence-corrected chi connectivity index (χ2v) is 11.0. The van der Waals surface area contributed by atoms with Gasteiger partial charge in [-0.3, -0.25) is 14.8 Å². The minimum absolute atomic E-state index is 0.0411. The van der Waals surface area contributed by atoms with Gasteiger partial charge in [0.05, 0.1) is 18.7 Å². The molecule has 1 fully saturated rings. The molecule has 1 aromatic carbocycles. The lowest BCUT2D eigenvalue weighted by molar-refractivity contribution is 0.0713. The number of fused-ring (bicyclic) bond motifs is 2. The molecular weight excluding hydrogens is 468 g/mol. The van der Waals surface area contributed by atoms with E-state index in [2.05, 4.69) is 24.5 Å². The SMILES string of the molecule is CN1C[C@@H](O)CNS(=O)(=O)c2ccc(-c3cccnc3)cc2O[C@H]2CN(Cc3nccn3C)C[C@H]21. The third kappa shape index (κ3) is 5.09. The number of β-amino-alcohol motifs (C(OH)–C–C–N with tert-alkyl or cyclic N) is 1. The fraction of sp³-hybridized carbons (Fsp3) is 0.417. The minimum atomic E-state index is -3.89. The predicted molar refractivity (Wildman–Crippen MR) is 130 cm³/mol. The van der Waals surface area contributed by atoms with Crippen molar-refractivity contribution < 1.29 is 18.3 Å². The van der Waals surface area contributed by atoms with Crippen molar-refractivity contribution in [2.24, 2.45) is 7.05 Å². The molecule has 3 aromatic rings. The molecule has 1 saturated heterocycles. The summed E-state index contributed by atoms with van der Waals surface area (Å²) < 4.78 is 37.3. The summed E-state index contributed by atoms with van der Waals surface area (Å²) in [5.41, 5.74) is 1.68. The van der Waals surface area contributed by atoms with Crippen molar-refractivity contribution in [2.45, 2.75) is 29.7 Å². The summed E-state index contributed by atoms with van der Waals surface area (Å²) in [6.07, 6.45) is 5.97. The van der Waals surface area contributed by atoms with Crippen LogP contribution in [0.4, 0.5) is 0 Å². The normalized spacial score (nSPS) is 25.3. The Morgan fingerprint density at radius 3 is 2.74 bits per heavy atom. The molecule has 3 atom stereocenters. The average Bonchev–Trinajstić information content (AvgIpc) is 3.43. The van der Waals surface area contributed by atoms with Gasteiger partial charge in [-0.15, -0.1) is 0 Å². The van der Waals surface area contributed by atoms with Gasteiger partial charge in [0.25, 0.3) is 0 Å². The van der Waals surface area contributed by atoms with Gasteiger partial charge in [-0.05, 0) is 30.8 Å². The Labute approximate surface area is 205 Å². The lowest BCUT2D eigenvalue weighted by atomic mass is 10.1. The lowest BCUT2D eigenvalue weighted by Crippen LogP contribution is -2.47. The average molecular weight is 499 g/mol. The molecule has 186 valence electrons. The number of likely N-dealkylation sites (tertiary alicyclic amines) is 1. The topological polar surface area (TPSA) is 113 Å². The number of imidazole rings is 1. The Hall–Kier alpha value is -2.83. The van der Waals surface area contributed by atoms with Gasteiger partial charge in [0.15, 0.2) is 0 Å². The van der Waals surface area contributed by atoms with Crippen molar-refractivity contribution in [1.29, 1.82) is 0 Å². The standard InChI is InChI=1S/C24H30N6O4S/c1-28-9-8-26-24(28)16-30-14-20-22(15-30)34-21-10-17(18-4-3-7-25-11-18)5-6-23(21)35(32,33)27-12-19(31)13-29(20)2/h3-11,19-20,22,27,31H,12-16H2,1-2H3/t19-,20+,22-/m0/s1. The zero-order valence-corrected chi connectivity index (χ0v) is 20.6. The Bertz CT molecular complexity index is 1280. The number of aliphatic hydroxyl groups excluding tert-OH is 1. The van der Waals surface area contributed by atoms with E-state index in [1.807, 2.05) is 37.0 Å². The van der Waals surface area contributed by atoms with Crippen LogP contribution in [0.1, 0.15) is 5.82 Å². The number of likely N-dealkylation sites (N-methyl/N-ethyl adjacent to an activating group) is 1. The van der Waals surface area contributed by atoms with Crippen LogP contribution in [0.5, 0.6) is 5.75 Å². The molecule has 11 heteroatoms. The van der Waals surface area contributed by atoms with Gasteiger partial charge in [0.1, 0.15) is 22.6 Å². The summed E-state index contributed by atoms with van der Waals surface area (Å²) in [5.74, 6) is 1.23. The van der Waals surface area contributed by atoms with Gasteiger partial charge in [-0.1, -0.05) is 12.1 Å². The zero-order valence-electron chi connectivity index (χ0n) is 19.8. The first-order chi connectivity index (χ1) is 16.8. The van der Waals surface area contributed by atoms with Crippen LogP contribution < -0.4 is 9.46 Å². The van der Waals surface area contributed by atoms with E-state index in [0.717, 1.165) is 17.0 Å². The number of hydrogen-bond donors (Lipinski definition) is 2. The second kappa shape index (κ2) is 9.67. The molecule has 0 saturated carbocycles. The summed E-state index contributed by atoms with van der Waals surface area (Å²) in [6.45, 7) is 2.20. The molecule has 2 aliphatic heterocycles. The molecule has 0 spiro atoms. The maximum Gasteiger partial charge on any atom is 0.244 e. The van der Waals surface area contributed by atoms with Gasteiger partial charge in [-0.25, -0.2) is 18.1 Å². The van der Waals surface area contributed by atoms with Gasteiger partial charge in [0.2, 0.25) is 10.0 Å². The fourth-order valence-corrected chi connectivity index (χ4v) is 5.95. The highest BCUT2D eigenvalue weighted by Gasteiger charge is 2.39. The number of nitrogens with zero attached hydrogens (tertiary/aromatic N) is 5. The number of hydrogen-bond acceptors (Lipinski definition) is 8. The van der Waals surface area contributed by atoms with Gasteiger partial charge >= 0.3 is 0 Å². The van der Waals surface area contributed by atoms with E-state index in [4.69, 9.17) is 4.74 Å². The van der Waals surface area contributed by atoms with Crippen molar-refractivity contribution in [1.82, 2.24) is 29.1 Å². The fourth-order valence-electron chi connectivity index (χ4n) is 4.76. The predicted octanol–water partition coefficient (Wildman–Crippen LogP) is 0.698. The van der Waals surface area contributed by atoms with Gasteiger partial charge < -0.3 is 14.4 Å². The van der Waals surface area contributed by atoms with Crippen LogP contribution in [-0.4, -0.2) is 89.3 Å². The van der Waals surface area contributed by atoms with Crippen molar-refractivity contribution in [3.05, 3.63) is 60.9 Å². The minimum Gasteiger partial charge on any atom is -0.486 e. The summed E-state index contributed by atoms with van der Waals surface area (Å²) in [7, 11) is 0.0112. The summed E-state index contributed by atoms with van der Waals surface area (Å²) in [5, 5.41) is 10.6. The highest BCUT2D eigenvalue weighted by Crippen LogP contribution is 2.33. The van der Waals surface area contributed by atoms with E-state index in [9.17, 15) is 13.5 Å². The molecule has 5 rings (SSSR count). The molecule has 0 bridgehead atoms. The van der Waals surface area contributed by atoms with Crippen LogP contribution in [0.25, 0.3) is 11.1 Å². The van der Waals surface area contributed by atoms with Crippen molar-refractivity contribution in [3.63, 3.8) is 0 Å². The van der Waals surface area contributed by atoms with E-state index in [0.29, 0.717) is 26.2 Å². The molecule has 10 nitrogen and oxygen atoms in total. The first kappa shape index (κ1) is 23.9. The Morgan fingerprint density at radius 2 is 2.00 bits per heavy atom. The maximum absolute atomic E-state index is 13.2. The van der Waals surface area contributed by atoms with Crippen LogP contribution in [0.2, 0.25) is 0 Å². The Balaban J connectivity index is 1.52. The lowest BCUT2D eigenvalue weighted by Gasteiger charge is -2.30. The molecule has 2 aromatic heterocycles. The molecule has 0 radical (unpaired) electrons. The quantitative estimate of drug-likeness (QED) is 0.543. The van der Waals surface area contributed by atoms with Crippen molar-refractivity contribution in [2.75, 3.05) is 33.2 Å². The molecule has 0 aliphatic carbocycles. The molecule has 35 heavy (non-hydrogen) atoms. The Morgan fingerprint density at radius 1 is 1.14 bits per heavy atom. The third-order valence-electron chi connectivity index (χ3n) is 6.68. The van der Waals surface area contributed by atoms with Crippen LogP contribution in [0.3, 0.4) is 0 Å². The molecule has 4 heterocycles. The highest BCUT2D eigenvalue weighted by molar-refractivity contribution is 7.89. The molecule has 2 aliphatic rings. The van der Waals surface area contributed by atoms with Crippen molar-refractivity contribution >= 4 is 10.0 Å². The van der Waals surface area contributed by atoms with E-state index in [1.165, 1.54) is 0 Å². The highest BCUT2D eigenvalue weighted by atomic mass is 32.2. The largest absolute Gasteiger partial charge is 0.486 e. The third-order valence-corrected chi connectivity index (χ3v) is 8.14. The number of aromatic nitrogens is 3. The monoisotopic (exact) mass is 498 g/mol. The van der Waals surface area contributed by atoms with Crippen LogP contribution in [-0.2, 0) is 23.6 Å². The van der Waals surface area contributed by atoms with Crippen molar-refractivity contribution in [3.8, 4) is 16.9 Å². The van der Waals surface area contributed by atoms with E-state index < -0.39 is 16.1 Å². The summed E-state index contributed by atoms with van der Waals surface area (Å²) in [4.78, 5) is 13.0. The second-order valence-electron chi connectivity index (χ2n) is 9.22. The first-order valence-electron chi connectivity index (χ1n) is 11.6. The maximum atomic E-state index is 13.2. The summed E-state index contributed by atoms with van der Waals surface area (Å²) >= 11 is 0. The number of benzene rings is 1. The van der Waals surface area contributed by atoms with E-state index >= 15 is 0 Å². The number of rotatable bonds is 3. The molecular formula is C24H30N6O4S. The molecule has 0 amide bonds. The molecule has 0 unspecified atom stereocenters. The number of sulfonamides is 1. The van der Waals surface area contributed by atoms with E-state index in [-0.39, 0.29) is 29.3 Å². The first-order valence-corrected chi connectivity index (χ1v) is 13.1. The van der Waals surface area contributed by atoms with Crippen LogP contribution >= 0.6 is 0 Å². The zero-order chi connectivity index (χ0) is 24.6. The smallest absolute Gasteiger partial charge is 0.244 e. The molecule has 2 N–H and O–H groups in total. The van der Waals surface area contributed by atoms with E-state index in [1.54, 1.807) is 36.8 Å². The van der Waals surface area contributed by atoms with Crippen LogP contribution in [0, 0.1) is 0 Å². The number of aryl methyl sites for hydroxylation is 1. The number of nitrogens with one attached hydrogen (secondary N) is 1.